The minimum Gasteiger partial charge on any atom is -0.507 e. The Labute approximate surface area is 495 Å². The van der Waals surface area contributed by atoms with Gasteiger partial charge in [0.2, 0.25) is 43.5 Å². The molecule has 4 aromatic carbocycles. The number of sulfonamides is 2. The number of nitrogens with zero attached hydrogens (tertiary/aromatic N) is 6. The molecule has 5 N–H and O–H groups in total. The summed E-state index contributed by atoms with van der Waals surface area (Å²) in [6.45, 7) is -1.47. The maximum absolute atomic E-state index is 14.5. The summed E-state index contributed by atoms with van der Waals surface area (Å²) >= 11 is 0. The van der Waals surface area contributed by atoms with Gasteiger partial charge in [0.05, 0.1) is 30.0 Å². The fourth-order valence-electron chi connectivity index (χ4n) is 11.1. The van der Waals surface area contributed by atoms with E-state index in [0.29, 0.717) is 31.8 Å². The first-order chi connectivity index (χ1) is 41.6. The van der Waals surface area contributed by atoms with Crippen molar-refractivity contribution in [3.05, 3.63) is 165 Å². The number of primary amides is 1. The van der Waals surface area contributed by atoms with Gasteiger partial charge in [-0.15, -0.1) is 0 Å². The number of amides is 3. The molecule has 0 bridgehead atoms. The monoisotopic (exact) mass is 1280 g/mol. The molecule has 2 aliphatic heterocycles. The van der Waals surface area contributed by atoms with Gasteiger partial charge in [-0.2, -0.15) is 8.61 Å². The first-order valence-electron chi connectivity index (χ1n) is 27.4. The molecule has 0 spiro atoms. The molecule has 6 aromatic rings. The van der Waals surface area contributed by atoms with Crippen LogP contribution in [0.2, 0.25) is 0 Å². The molecule has 0 unspecified atom stereocenters. The number of carbonyl (C=O) groups excluding carboxylic acids is 3. The molecule has 468 valence electrons. The summed E-state index contributed by atoms with van der Waals surface area (Å²) in [4.78, 5) is 57.5. The molecule has 4 aliphatic rings. The van der Waals surface area contributed by atoms with Crippen LogP contribution >= 0.6 is 0 Å². The van der Waals surface area contributed by atoms with Crippen LogP contribution < -0.4 is 15.5 Å². The van der Waals surface area contributed by atoms with E-state index in [1.807, 2.05) is 12.1 Å². The van der Waals surface area contributed by atoms with Crippen molar-refractivity contribution in [2.45, 2.75) is 124 Å². The summed E-state index contributed by atoms with van der Waals surface area (Å²) in [7, 11) is -10.8. The van der Waals surface area contributed by atoms with Crippen LogP contribution in [0.5, 0.6) is 11.5 Å². The number of carboxylic acid groups (broad SMARTS) is 1. The number of nitrogens with two attached hydrogens (primary N) is 1. The Morgan fingerprint density at radius 3 is 1.11 bits per heavy atom. The van der Waals surface area contributed by atoms with Crippen LogP contribution in [-0.4, -0.2) is 99.6 Å². The van der Waals surface area contributed by atoms with E-state index >= 15 is 0 Å². The fourth-order valence-corrected chi connectivity index (χ4v) is 14.6. The highest BCUT2D eigenvalue weighted by molar-refractivity contribution is 7.89. The van der Waals surface area contributed by atoms with Crippen LogP contribution in [-0.2, 0) is 42.7 Å². The van der Waals surface area contributed by atoms with E-state index < -0.39 is 154 Å². The van der Waals surface area contributed by atoms with Gasteiger partial charge in [-0.1, -0.05) is 50.7 Å². The Morgan fingerprint density at radius 1 is 0.489 bits per heavy atom. The number of carboxylic acids is 1. The van der Waals surface area contributed by atoms with E-state index in [-0.39, 0.29) is 42.9 Å². The summed E-state index contributed by atoms with van der Waals surface area (Å²) in [5.41, 5.74) is 7.20. The van der Waals surface area contributed by atoms with Crippen LogP contribution in [0.25, 0.3) is 0 Å². The quantitative estimate of drug-likeness (QED) is 0.0400. The molecule has 2 saturated carbocycles. The standard InChI is InChI=1S/C29H27F5N4O5S.C29H26F5N3O6S/c30-22-23(31)25(33)27(26(34)24(22)32)44(42,43)38-11-10-20(38)29(41)37(18-8-9-19(28(35)40)21(39)12-18)14-17-7-6-16(13-36-17)15-4-2-1-3-5-15;30-22-23(31)25(33)27(26(34)24(22)32)44(42,43)37-11-10-20(37)28(39)36(18-8-9-19(29(40)41)21(38)12-18)14-17-7-6-16(13-35-17)15-4-2-1-3-5-15/h6-9,12-13,15,20,39H,1-5,10-11,14H2,(H2,35,40);6-9,12-13,15,20,38H,1-5,10-11,14H2,(H,40,41)/t2*20-/m11/s1. The Kier molecular flexibility index (Phi) is 18.9. The number of benzene rings is 4. The summed E-state index contributed by atoms with van der Waals surface area (Å²) in [5.74, 6) is -30.0. The zero-order valence-corrected chi connectivity index (χ0v) is 47.6. The minimum absolute atomic E-state index is 0.00358. The first kappa shape index (κ1) is 64.3. The molecular formula is C58H53F10N7O11S2. The number of aromatic nitrogens is 2. The number of halogens is 10. The highest BCUT2D eigenvalue weighted by atomic mass is 32.2. The van der Waals surface area contributed by atoms with Crippen LogP contribution in [0.3, 0.4) is 0 Å². The van der Waals surface area contributed by atoms with Gasteiger partial charge in [-0.05, 0) is 97.9 Å². The number of carbonyl (C=O) groups is 4. The number of aromatic carboxylic acids is 1. The molecule has 30 heteroatoms. The van der Waals surface area contributed by atoms with Gasteiger partial charge in [0.1, 0.15) is 29.1 Å². The third-order valence-corrected chi connectivity index (χ3v) is 19.9. The maximum Gasteiger partial charge on any atom is 0.339 e. The molecular weight excluding hydrogens is 1220 g/mol. The van der Waals surface area contributed by atoms with Crippen LogP contribution in [0.4, 0.5) is 55.3 Å². The second kappa shape index (κ2) is 25.9. The topological polar surface area (TPSA) is 262 Å². The molecule has 2 aromatic heterocycles. The van der Waals surface area contributed by atoms with E-state index in [0.717, 1.165) is 103 Å². The van der Waals surface area contributed by atoms with Crippen molar-refractivity contribution < 1.29 is 95.2 Å². The normalized spacial score (nSPS) is 17.7. The SMILES string of the molecule is NC(=O)c1ccc(N(Cc2ccc(C3CCCCC3)cn2)C(=O)[C@H]2CCN2S(=O)(=O)c2c(F)c(F)c(F)c(F)c2F)cc1O.O=C(O)c1ccc(N(Cc2ccc(C3CCCCC3)cn2)C(=O)[C@H]2CCN2S(=O)(=O)c2c(F)c(F)c(F)c(F)c2F)cc1O. The van der Waals surface area contributed by atoms with E-state index in [2.05, 4.69) is 9.97 Å². The van der Waals surface area contributed by atoms with Crippen molar-refractivity contribution in [2.75, 3.05) is 22.9 Å². The number of aromatic hydroxyl groups is 2. The highest BCUT2D eigenvalue weighted by Crippen LogP contribution is 2.40. The molecule has 18 nitrogen and oxygen atoms in total. The predicted octanol–water partition coefficient (Wildman–Crippen LogP) is 9.85. The van der Waals surface area contributed by atoms with Crippen LogP contribution in [0.1, 0.15) is 132 Å². The van der Waals surface area contributed by atoms with Crippen molar-refractivity contribution in [1.82, 2.24) is 18.6 Å². The van der Waals surface area contributed by atoms with Crippen LogP contribution in [0.15, 0.2) is 82.8 Å². The van der Waals surface area contributed by atoms with Gasteiger partial charge in [-0.3, -0.25) is 24.4 Å². The van der Waals surface area contributed by atoms with E-state index in [9.17, 15) is 95.2 Å². The fraction of sp³-hybridized carbons (Fsp3) is 0.345. The molecule has 4 fully saturated rings. The molecule has 0 radical (unpaired) electrons. The largest absolute Gasteiger partial charge is 0.507 e. The Hall–Kier alpha value is -8.22. The molecule has 88 heavy (non-hydrogen) atoms. The van der Waals surface area contributed by atoms with Crippen molar-refractivity contribution in [1.29, 1.82) is 0 Å². The lowest BCUT2D eigenvalue weighted by atomic mass is 9.85. The number of hydrogen-bond acceptors (Lipinski definition) is 12. The second-order valence-electron chi connectivity index (χ2n) is 21.4. The van der Waals surface area contributed by atoms with E-state index in [1.165, 1.54) is 18.6 Å². The lowest BCUT2D eigenvalue weighted by molar-refractivity contribution is -0.125. The average molecular weight is 1280 g/mol. The number of hydrogen-bond donors (Lipinski definition) is 4. The lowest BCUT2D eigenvalue weighted by Gasteiger charge is -2.41. The van der Waals surface area contributed by atoms with Gasteiger partial charge in [-0.25, -0.2) is 65.5 Å². The third kappa shape index (κ3) is 12.5. The third-order valence-electron chi connectivity index (χ3n) is 16.1. The van der Waals surface area contributed by atoms with Crippen molar-refractivity contribution in [2.24, 2.45) is 5.73 Å². The van der Waals surface area contributed by atoms with E-state index in [4.69, 9.17) is 5.73 Å². The summed E-state index contributed by atoms with van der Waals surface area (Å²) in [6, 6.07) is 10.5. The number of anilines is 2. The van der Waals surface area contributed by atoms with Gasteiger partial charge in [0, 0.05) is 49.0 Å². The first-order valence-corrected chi connectivity index (χ1v) is 30.3. The average Bonchev–Trinajstić information content (AvgIpc) is 0.806. The van der Waals surface area contributed by atoms with Crippen molar-refractivity contribution in [3.8, 4) is 11.5 Å². The Bertz CT molecular complexity index is 3660. The predicted molar refractivity (Wildman–Crippen MR) is 291 cm³/mol. The molecule has 2 aliphatic carbocycles. The number of phenols is 2. The van der Waals surface area contributed by atoms with Gasteiger partial charge >= 0.3 is 5.97 Å². The van der Waals surface area contributed by atoms with Gasteiger partial charge in [0.15, 0.2) is 56.3 Å². The summed E-state index contributed by atoms with van der Waals surface area (Å²) in [5, 5.41) is 29.9. The Morgan fingerprint density at radius 2 is 0.830 bits per heavy atom. The zero-order chi connectivity index (χ0) is 63.8. The van der Waals surface area contributed by atoms with E-state index in [1.54, 1.807) is 24.5 Å². The molecule has 4 heterocycles. The molecule has 10 rings (SSSR count). The smallest absolute Gasteiger partial charge is 0.339 e. The maximum atomic E-state index is 14.5. The molecule has 2 atom stereocenters. The minimum atomic E-state index is -5.41. The van der Waals surface area contributed by atoms with Gasteiger partial charge in [0.25, 0.3) is 5.91 Å². The van der Waals surface area contributed by atoms with Crippen molar-refractivity contribution >= 4 is 55.1 Å². The number of rotatable bonds is 16. The van der Waals surface area contributed by atoms with Crippen molar-refractivity contribution in [3.63, 3.8) is 0 Å². The lowest BCUT2D eigenvalue weighted by Crippen LogP contribution is -2.59. The number of pyridine rings is 2. The van der Waals surface area contributed by atoms with Gasteiger partial charge < -0.3 is 30.9 Å². The summed E-state index contributed by atoms with van der Waals surface area (Å²) in [6.07, 6.45) is 13.8. The molecule has 3 amide bonds. The molecule has 2 saturated heterocycles. The second-order valence-corrected chi connectivity index (χ2v) is 25.1. The zero-order valence-electron chi connectivity index (χ0n) is 46.0. The Balaban J connectivity index is 0.000000209. The highest BCUT2D eigenvalue weighted by Gasteiger charge is 2.50. The van der Waals surface area contributed by atoms with Crippen LogP contribution in [0, 0.1) is 58.2 Å². The summed E-state index contributed by atoms with van der Waals surface area (Å²) < 4.78 is 194.